The van der Waals surface area contributed by atoms with Gasteiger partial charge in [-0.05, 0) is 31.4 Å². The molecule has 3 heteroatoms. The molecule has 0 N–H and O–H groups in total. The van der Waals surface area contributed by atoms with Crippen molar-refractivity contribution in [2.24, 2.45) is 0 Å². The minimum Gasteiger partial charge on any atom is -0.873 e. The van der Waals surface area contributed by atoms with Crippen molar-refractivity contribution in [3.05, 3.63) is 22.8 Å². The molecule has 13 heavy (non-hydrogen) atoms. The quantitative estimate of drug-likeness (QED) is 0.666. The second kappa shape index (κ2) is 4.52. The second-order valence-corrected chi connectivity index (χ2v) is 2.98. The zero-order valence-electron chi connectivity index (χ0n) is 7.92. The summed E-state index contributed by atoms with van der Waals surface area (Å²) in [5.74, 6) is -0.712. The van der Waals surface area contributed by atoms with Crippen LogP contribution in [0.5, 0.6) is 11.5 Å². The molecule has 1 aromatic rings. The molecule has 1 rings (SSSR count). The Bertz CT molecular complexity index is 282. The first-order valence-corrected chi connectivity index (χ1v) is 4.05. The van der Waals surface area contributed by atoms with Crippen molar-refractivity contribution in [1.82, 2.24) is 0 Å². The zero-order valence-corrected chi connectivity index (χ0v) is 8.90. The normalized spacial score (nSPS) is 9.46. The number of hydrogen-bond acceptors (Lipinski definition) is 2. The summed E-state index contributed by atoms with van der Waals surface area (Å²) in [7, 11) is 0. The molecule has 0 radical (unpaired) electrons. The van der Waals surface area contributed by atoms with Crippen LogP contribution in [-0.2, 0) is 22.9 Å². The molecule has 0 amide bonds. The Labute approximate surface area is 88.5 Å². The zero-order chi connectivity index (χ0) is 9.30. The predicted molar refractivity (Wildman–Crippen MR) is 44.2 cm³/mol. The average molecular weight is 223 g/mol. The van der Waals surface area contributed by atoms with Gasteiger partial charge in [0.05, 0.1) is 0 Å². The summed E-state index contributed by atoms with van der Waals surface area (Å²) in [5.41, 5.74) is 2.54. The molecule has 0 aromatic heterocycles. The number of rotatable bonds is 1. The van der Waals surface area contributed by atoms with E-state index < -0.39 is 0 Å². The Kier molecular flexibility index (Phi) is 4.28. The van der Waals surface area contributed by atoms with Crippen LogP contribution in [0.2, 0.25) is 0 Å². The third kappa shape index (κ3) is 2.16. The Morgan fingerprint density at radius 3 is 2.23 bits per heavy atom. The Morgan fingerprint density at radius 1 is 1.23 bits per heavy atom. The average Bonchev–Trinajstić information content (AvgIpc) is 2.02. The van der Waals surface area contributed by atoms with Crippen LogP contribution in [0.15, 0.2) is 6.07 Å². The van der Waals surface area contributed by atoms with Crippen LogP contribution >= 0.6 is 0 Å². The Morgan fingerprint density at radius 2 is 1.77 bits per heavy atom. The van der Waals surface area contributed by atoms with Gasteiger partial charge in [-0.2, -0.15) is 0 Å². The molecule has 0 saturated carbocycles. The molecule has 0 atom stereocenters. The van der Waals surface area contributed by atoms with E-state index in [0.29, 0.717) is 12.0 Å². The molecular formula is C10H12NiO2. The van der Waals surface area contributed by atoms with Gasteiger partial charge in [0.1, 0.15) is 0 Å². The monoisotopic (exact) mass is 222 g/mol. The van der Waals surface area contributed by atoms with Crippen LogP contribution in [0.3, 0.4) is 0 Å². The largest absolute Gasteiger partial charge is 2.00 e. The fraction of sp³-hybridized carbons (Fsp3) is 0.400. The van der Waals surface area contributed by atoms with Crippen molar-refractivity contribution in [3.8, 4) is 11.5 Å². The predicted octanol–water partition coefficient (Wildman–Crippen LogP) is 1.01. The Hall–Kier alpha value is -0.686. The summed E-state index contributed by atoms with van der Waals surface area (Å²) in [6.45, 7) is 5.63. The Balaban J connectivity index is 0.00000144. The van der Waals surface area contributed by atoms with Crippen LogP contribution in [-0.4, -0.2) is 0 Å². The van der Waals surface area contributed by atoms with Gasteiger partial charge < -0.3 is 10.2 Å². The number of aryl methyl sites for hydroxylation is 1. The van der Waals surface area contributed by atoms with Crippen LogP contribution in [0.4, 0.5) is 0 Å². The fourth-order valence-corrected chi connectivity index (χ4v) is 1.35. The van der Waals surface area contributed by atoms with Crippen molar-refractivity contribution in [2.75, 3.05) is 0 Å². The first-order valence-electron chi connectivity index (χ1n) is 4.05. The summed E-state index contributed by atoms with van der Waals surface area (Å²) in [4.78, 5) is 0. The van der Waals surface area contributed by atoms with Crippen molar-refractivity contribution in [3.63, 3.8) is 0 Å². The molecule has 0 spiro atoms. The summed E-state index contributed by atoms with van der Waals surface area (Å²) < 4.78 is 0. The minimum atomic E-state index is -0.380. The third-order valence-electron chi connectivity index (χ3n) is 2.24. The van der Waals surface area contributed by atoms with Gasteiger partial charge in [-0.1, -0.05) is 18.6 Å². The van der Waals surface area contributed by atoms with E-state index in [0.717, 1.165) is 11.1 Å². The van der Waals surface area contributed by atoms with Gasteiger partial charge in [0, 0.05) is 0 Å². The molecule has 0 aliphatic carbocycles. The van der Waals surface area contributed by atoms with E-state index in [1.165, 1.54) is 6.07 Å². The van der Waals surface area contributed by atoms with Gasteiger partial charge in [-0.25, -0.2) is 0 Å². The van der Waals surface area contributed by atoms with Crippen LogP contribution < -0.4 is 10.2 Å². The van der Waals surface area contributed by atoms with Gasteiger partial charge in [0.25, 0.3) is 0 Å². The third-order valence-corrected chi connectivity index (χ3v) is 2.24. The van der Waals surface area contributed by atoms with Crippen LogP contribution in [0.1, 0.15) is 23.6 Å². The molecule has 1 aromatic carbocycles. The van der Waals surface area contributed by atoms with Gasteiger partial charge in [-0.15, -0.1) is 11.5 Å². The van der Waals surface area contributed by atoms with E-state index in [1.807, 2.05) is 20.8 Å². The summed E-state index contributed by atoms with van der Waals surface area (Å²) in [6.07, 6.45) is 0.640. The molecule has 0 saturated heterocycles. The smallest absolute Gasteiger partial charge is 0.873 e. The van der Waals surface area contributed by atoms with Gasteiger partial charge in [-0.3, -0.25) is 0 Å². The molecule has 0 unspecified atom stereocenters. The van der Waals surface area contributed by atoms with Crippen LogP contribution in [0, 0.1) is 13.8 Å². The standard InChI is InChI=1S/C10H14O2.Ni/c1-4-8-7(3)6(2)5-9(11)10(8)12;/h5,11-12H,4H2,1-3H3;/q;+2/p-2. The van der Waals surface area contributed by atoms with E-state index in [9.17, 15) is 10.2 Å². The molecule has 0 heterocycles. The maximum absolute atomic E-state index is 11.3. The maximum Gasteiger partial charge on any atom is 2.00 e. The molecule has 0 aliphatic heterocycles. The first-order chi connectivity index (χ1) is 5.57. The summed E-state index contributed by atoms with van der Waals surface area (Å²) in [6, 6.07) is 1.41. The van der Waals surface area contributed by atoms with Gasteiger partial charge >= 0.3 is 16.5 Å². The summed E-state index contributed by atoms with van der Waals surface area (Å²) >= 11 is 0. The van der Waals surface area contributed by atoms with Crippen LogP contribution in [0.25, 0.3) is 0 Å². The van der Waals surface area contributed by atoms with Crippen molar-refractivity contribution in [2.45, 2.75) is 27.2 Å². The topological polar surface area (TPSA) is 46.1 Å². The maximum atomic E-state index is 11.3. The number of benzene rings is 1. The second-order valence-electron chi connectivity index (χ2n) is 2.98. The van der Waals surface area contributed by atoms with E-state index in [4.69, 9.17) is 0 Å². The van der Waals surface area contributed by atoms with E-state index >= 15 is 0 Å². The molecule has 0 fully saturated rings. The molecule has 0 aliphatic rings. The van der Waals surface area contributed by atoms with Crippen molar-refractivity contribution < 1.29 is 26.7 Å². The van der Waals surface area contributed by atoms with Gasteiger partial charge in [0.15, 0.2) is 0 Å². The first kappa shape index (κ1) is 12.3. The molecular weight excluding hydrogens is 211 g/mol. The SMILES string of the molecule is CCc1c(C)c(C)cc([O-])c1[O-].[Ni+2]. The molecule has 2 nitrogen and oxygen atoms in total. The molecule has 0 bridgehead atoms. The van der Waals surface area contributed by atoms with Gasteiger partial charge in [0.2, 0.25) is 0 Å². The minimum absolute atomic E-state index is 0. The van der Waals surface area contributed by atoms with E-state index in [2.05, 4.69) is 0 Å². The van der Waals surface area contributed by atoms with E-state index in [-0.39, 0.29) is 28.0 Å². The van der Waals surface area contributed by atoms with Crippen molar-refractivity contribution in [1.29, 1.82) is 0 Å². The molecule has 74 valence electrons. The fourth-order valence-electron chi connectivity index (χ4n) is 1.35. The van der Waals surface area contributed by atoms with E-state index in [1.54, 1.807) is 0 Å². The summed E-state index contributed by atoms with van der Waals surface area (Å²) in [5, 5.41) is 22.3. The number of hydrogen-bond donors (Lipinski definition) is 0. The van der Waals surface area contributed by atoms with Crippen molar-refractivity contribution >= 4 is 0 Å².